The summed E-state index contributed by atoms with van der Waals surface area (Å²) in [6, 6.07) is 7.65. The van der Waals surface area contributed by atoms with E-state index in [1.165, 1.54) is 0 Å². The topological polar surface area (TPSA) is 66.2 Å². The molecule has 1 aromatic carbocycles. The number of esters is 1. The van der Waals surface area contributed by atoms with E-state index in [0.29, 0.717) is 26.1 Å². The molecule has 0 aliphatic carbocycles. The summed E-state index contributed by atoms with van der Waals surface area (Å²) in [4.78, 5) is 11.9. The van der Waals surface area contributed by atoms with Crippen molar-refractivity contribution in [2.75, 3.05) is 13.2 Å². The second-order valence-electron chi connectivity index (χ2n) is 5.49. The van der Waals surface area contributed by atoms with Gasteiger partial charge in [0.2, 0.25) is 0 Å². The van der Waals surface area contributed by atoms with E-state index in [0.717, 1.165) is 23.9 Å². The third-order valence-electron chi connectivity index (χ3n) is 3.66. The van der Waals surface area contributed by atoms with Crippen LogP contribution in [0.2, 0.25) is 0 Å². The van der Waals surface area contributed by atoms with Gasteiger partial charge in [-0.2, -0.15) is 0 Å². The Kier molecular flexibility index (Phi) is 7.26. The zero-order chi connectivity index (χ0) is 17.2. The highest BCUT2D eigenvalue weighted by molar-refractivity contribution is 5.74. The minimum Gasteiger partial charge on any atom is -0.502 e. The third-order valence-corrected chi connectivity index (χ3v) is 3.66. The van der Waals surface area contributed by atoms with Gasteiger partial charge in [0.05, 0.1) is 31.0 Å². The molecule has 2 aromatic rings. The summed E-state index contributed by atoms with van der Waals surface area (Å²) in [7, 11) is 0. The van der Waals surface area contributed by atoms with E-state index in [1.807, 2.05) is 41.9 Å². The van der Waals surface area contributed by atoms with Crippen molar-refractivity contribution >= 4 is 17.0 Å². The molecule has 1 unspecified atom stereocenters. The number of hydrogen-bond acceptors (Lipinski definition) is 5. The minimum atomic E-state index is -0.178. The number of hydrogen-bond donors (Lipinski definition) is 0. The smallest absolute Gasteiger partial charge is 0.305 e. The number of aromatic nitrogens is 3. The maximum atomic E-state index is 11.9. The van der Waals surface area contributed by atoms with Crippen LogP contribution >= 0.6 is 0 Å². The average molecular weight is 331 g/mol. The van der Waals surface area contributed by atoms with Crippen molar-refractivity contribution in [1.82, 2.24) is 15.0 Å². The second kappa shape index (κ2) is 9.70. The van der Waals surface area contributed by atoms with E-state index in [9.17, 15) is 4.79 Å². The predicted molar refractivity (Wildman–Crippen MR) is 92.4 cm³/mol. The molecule has 0 aliphatic rings. The number of carbonyl (C=O) groups is 1. The van der Waals surface area contributed by atoms with Crippen molar-refractivity contribution in [2.45, 2.75) is 45.6 Å². The fourth-order valence-corrected chi connectivity index (χ4v) is 2.34. The standard InChI is InChI=1S/C18H25N3O3/c1-3-5-13-24-18(22)11-10-15(12-14-23-4-2)21-17-9-7-6-8-16(17)19-20-21/h6-9,12,14-15H,3-5,10-11,13H2,1-2H3. The normalized spacial score (nSPS) is 12.6. The minimum absolute atomic E-state index is 0.109. The molecule has 0 amide bonds. The van der Waals surface area contributed by atoms with Crippen LogP contribution in [0.3, 0.4) is 0 Å². The number of para-hydroxylation sites is 1. The van der Waals surface area contributed by atoms with Crippen LogP contribution in [0.4, 0.5) is 0 Å². The Bertz CT molecular complexity index is 666. The van der Waals surface area contributed by atoms with Gasteiger partial charge in [0.1, 0.15) is 5.52 Å². The summed E-state index contributed by atoms with van der Waals surface area (Å²) in [6.45, 7) is 5.08. The molecule has 1 atom stereocenters. The Morgan fingerprint density at radius 1 is 1.33 bits per heavy atom. The van der Waals surface area contributed by atoms with Gasteiger partial charge < -0.3 is 9.47 Å². The molecule has 2 rings (SSSR count). The zero-order valence-electron chi connectivity index (χ0n) is 14.4. The highest BCUT2D eigenvalue weighted by atomic mass is 16.5. The molecule has 0 saturated heterocycles. The Hall–Kier alpha value is -2.37. The molecular formula is C18H25N3O3. The van der Waals surface area contributed by atoms with Crippen molar-refractivity contribution in [3.63, 3.8) is 0 Å². The van der Waals surface area contributed by atoms with Gasteiger partial charge in [0.15, 0.2) is 0 Å². The zero-order valence-corrected chi connectivity index (χ0v) is 14.4. The number of nitrogens with zero attached hydrogens (tertiary/aromatic N) is 3. The van der Waals surface area contributed by atoms with E-state index >= 15 is 0 Å². The van der Waals surface area contributed by atoms with E-state index in [1.54, 1.807) is 6.26 Å². The number of benzene rings is 1. The van der Waals surface area contributed by atoms with Crippen molar-refractivity contribution in [3.8, 4) is 0 Å². The summed E-state index contributed by atoms with van der Waals surface area (Å²) >= 11 is 0. The van der Waals surface area contributed by atoms with Crippen LogP contribution in [0, 0.1) is 0 Å². The summed E-state index contributed by atoms with van der Waals surface area (Å²) in [5, 5.41) is 8.41. The van der Waals surface area contributed by atoms with Crippen molar-refractivity contribution < 1.29 is 14.3 Å². The van der Waals surface area contributed by atoms with Crippen LogP contribution in [-0.2, 0) is 14.3 Å². The molecule has 0 N–H and O–H groups in total. The Morgan fingerprint density at radius 2 is 2.17 bits per heavy atom. The van der Waals surface area contributed by atoms with E-state index in [-0.39, 0.29) is 12.0 Å². The van der Waals surface area contributed by atoms with Gasteiger partial charge in [-0.05, 0) is 38.0 Å². The largest absolute Gasteiger partial charge is 0.502 e. The van der Waals surface area contributed by atoms with E-state index < -0.39 is 0 Å². The van der Waals surface area contributed by atoms with Crippen LogP contribution in [0.25, 0.3) is 11.0 Å². The van der Waals surface area contributed by atoms with Crippen LogP contribution in [0.15, 0.2) is 36.6 Å². The molecule has 0 radical (unpaired) electrons. The van der Waals surface area contributed by atoms with Gasteiger partial charge in [0, 0.05) is 6.42 Å². The fourth-order valence-electron chi connectivity index (χ4n) is 2.34. The van der Waals surface area contributed by atoms with Crippen LogP contribution in [0.5, 0.6) is 0 Å². The Labute approximate surface area is 142 Å². The van der Waals surface area contributed by atoms with Gasteiger partial charge in [0.25, 0.3) is 0 Å². The quantitative estimate of drug-likeness (QED) is 0.378. The summed E-state index contributed by atoms with van der Waals surface area (Å²) in [6.07, 6.45) is 6.39. The first-order valence-electron chi connectivity index (χ1n) is 8.50. The third kappa shape index (κ3) is 5.08. The van der Waals surface area contributed by atoms with Crippen LogP contribution in [0.1, 0.15) is 45.6 Å². The van der Waals surface area contributed by atoms with Crippen molar-refractivity contribution in [2.24, 2.45) is 0 Å². The van der Waals surface area contributed by atoms with E-state index in [4.69, 9.17) is 9.47 Å². The van der Waals surface area contributed by atoms with Crippen molar-refractivity contribution in [1.29, 1.82) is 0 Å². The number of carbonyl (C=O) groups excluding carboxylic acids is 1. The molecule has 0 bridgehead atoms. The molecule has 6 heteroatoms. The van der Waals surface area contributed by atoms with E-state index in [2.05, 4.69) is 17.2 Å². The van der Waals surface area contributed by atoms with Crippen LogP contribution < -0.4 is 0 Å². The molecule has 130 valence electrons. The second-order valence-corrected chi connectivity index (χ2v) is 5.49. The van der Waals surface area contributed by atoms with Crippen molar-refractivity contribution in [3.05, 3.63) is 36.6 Å². The maximum Gasteiger partial charge on any atom is 0.305 e. The molecule has 0 spiro atoms. The highest BCUT2D eigenvalue weighted by Crippen LogP contribution is 2.21. The fraction of sp³-hybridized carbons (Fsp3) is 0.500. The number of unbranched alkanes of at least 4 members (excludes halogenated alkanes) is 1. The Balaban J connectivity index is 2.06. The molecular weight excluding hydrogens is 306 g/mol. The number of allylic oxidation sites excluding steroid dienone is 1. The lowest BCUT2D eigenvalue weighted by molar-refractivity contribution is -0.144. The lowest BCUT2D eigenvalue weighted by Gasteiger charge is -2.13. The van der Waals surface area contributed by atoms with Gasteiger partial charge in [-0.3, -0.25) is 4.79 Å². The molecule has 24 heavy (non-hydrogen) atoms. The van der Waals surface area contributed by atoms with Crippen LogP contribution in [-0.4, -0.2) is 34.2 Å². The SMILES string of the molecule is CCCCOC(=O)CCC(C=COCC)n1nnc2ccccc21. The molecule has 6 nitrogen and oxygen atoms in total. The summed E-state index contributed by atoms with van der Waals surface area (Å²) in [5.74, 6) is -0.178. The lowest BCUT2D eigenvalue weighted by atomic mass is 10.1. The first-order chi connectivity index (χ1) is 11.8. The molecule has 1 heterocycles. The first kappa shape index (κ1) is 18.0. The summed E-state index contributed by atoms with van der Waals surface area (Å²) < 4.78 is 12.3. The predicted octanol–water partition coefficient (Wildman–Crippen LogP) is 3.65. The van der Waals surface area contributed by atoms with Gasteiger partial charge >= 0.3 is 5.97 Å². The number of ether oxygens (including phenoxy) is 2. The lowest BCUT2D eigenvalue weighted by Crippen LogP contribution is -2.13. The number of fused-ring (bicyclic) bond motifs is 1. The molecule has 1 aromatic heterocycles. The highest BCUT2D eigenvalue weighted by Gasteiger charge is 2.15. The number of rotatable bonds is 10. The van der Waals surface area contributed by atoms with Gasteiger partial charge in [-0.1, -0.05) is 30.7 Å². The average Bonchev–Trinajstić information content (AvgIpc) is 3.02. The summed E-state index contributed by atoms with van der Waals surface area (Å²) in [5.41, 5.74) is 1.76. The van der Waals surface area contributed by atoms with Gasteiger partial charge in [-0.15, -0.1) is 5.10 Å². The monoisotopic (exact) mass is 331 g/mol. The Morgan fingerprint density at radius 3 is 2.96 bits per heavy atom. The molecule has 0 saturated carbocycles. The maximum absolute atomic E-state index is 11.9. The molecule has 0 fully saturated rings. The van der Waals surface area contributed by atoms with Gasteiger partial charge in [-0.25, -0.2) is 4.68 Å². The molecule has 0 aliphatic heterocycles. The first-order valence-corrected chi connectivity index (χ1v) is 8.50.